The molecule has 1 aliphatic carbocycles. The smallest absolute Gasteiger partial charge is 0.0160 e. The number of nitrogens with two attached hydrogens (primary N) is 1. The van der Waals surface area contributed by atoms with Crippen LogP contribution in [0.5, 0.6) is 0 Å². The number of hydrogen-bond acceptors (Lipinski definition) is 2. The first-order valence-corrected chi connectivity index (χ1v) is 6.86. The van der Waals surface area contributed by atoms with Crippen molar-refractivity contribution in [3.63, 3.8) is 0 Å². The third-order valence-corrected chi connectivity index (χ3v) is 3.64. The van der Waals surface area contributed by atoms with Gasteiger partial charge in [0.15, 0.2) is 0 Å². The van der Waals surface area contributed by atoms with Crippen molar-refractivity contribution < 1.29 is 0 Å². The van der Waals surface area contributed by atoms with Crippen LogP contribution in [0.3, 0.4) is 0 Å². The summed E-state index contributed by atoms with van der Waals surface area (Å²) in [6.45, 7) is 9.43. The normalized spacial score (nSPS) is 26.7. The van der Waals surface area contributed by atoms with Gasteiger partial charge in [-0.1, -0.05) is 32.3 Å². The highest BCUT2D eigenvalue weighted by Gasteiger charge is 2.22. The SMILES string of the molecule is C=CCN(CCC)CC1CCCCCC1N. The molecule has 0 heterocycles. The van der Waals surface area contributed by atoms with E-state index in [0.29, 0.717) is 12.0 Å². The number of hydrogen-bond donors (Lipinski definition) is 1. The Kier molecular flexibility index (Phi) is 6.74. The zero-order valence-electron chi connectivity index (χ0n) is 10.8. The van der Waals surface area contributed by atoms with Gasteiger partial charge in [0.25, 0.3) is 0 Å². The van der Waals surface area contributed by atoms with Crippen LogP contribution in [0.25, 0.3) is 0 Å². The molecule has 0 spiro atoms. The fourth-order valence-electron chi connectivity index (χ4n) is 2.73. The van der Waals surface area contributed by atoms with Crippen molar-refractivity contribution >= 4 is 0 Å². The molecule has 0 amide bonds. The van der Waals surface area contributed by atoms with Gasteiger partial charge in [0, 0.05) is 19.1 Å². The summed E-state index contributed by atoms with van der Waals surface area (Å²) >= 11 is 0. The van der Waals surface area contributed by atoms with Crippen molar-refractivity contribution in [2.75, 3.05) is 19.6 Å². The first-order chi connectivity index (χ1) is 7.77. The molecule has 0 aliphatic heterocycles. The van der Waals surface area contributed by atoms with Crippen molar-refractivity contribution in [1.82, 2.24) is 4.90 Å². The Hall–Kier alpha value is -0.340. The molecule has 0 bridgehead atoms. The first-order valence-electron chi connectivity index (χ1n) is 6.86. The number of rotatable bonds is 6. The molecule has 0 aromatic heterocycles. The van der Waals surface area contributed by atoms with Crippen LogP contribution < -0.4 is 5.73 Å². The minimum atomic E-state index is 0.423. The molecule has 0 radical (unpaired) electrons. The van der Waals surface area contributed by atoms with Crippen LogP contribution in [0.2, 0.25) is 0 Å². The van der Waals surface area contributed by atoms with E-state index in [1.54, 1.807) is 0 Å². The maximum Gasteiger partial charge on any atom is 0.0160 e. The molecule has 1 saturated carbocycles. The van der Waals surface area contributed by atoms with Crippen LogP contribution in [-0.4, -0.2) is 30.6 Å². The minimum absolute atomic E-state index is 0.423. The maximum absolute atomic E-state index is 6.27. The van der Waals surface area contributed by atoms with Gasteiger partial charge in [-0.15, -0.1) is 6.58 Å². The topological polar surface area (TPSA) is 29.3 Å². The minimum Gasteiger partial charge on any atom is -0.327 e. The van der Waals surface area contributed by atoms with Gasteiger partial charge < -0.3 is 5.73 Å². The lowest BCUT2D eigenvalue weighted by Gasteiger charge is -2.28. The predicted octanol–water partition coefficient (Wildman–Crippen LogP) is 2.79. The molecule has 0 aromatic rings. The molecule has 1 rings (SSSR count). The molecular weight excluding hydrogens is 196 g/mol. The van der Waals surface area contributed by atoms with E-state index in [9.17, 15) is 0 Å². The molecule has 1 aliphatic rings. The highest BCUT2D eigenvalue weighted by atomic mass is 15.1. The third kappa shape index (κ3) is 4.67. The average molecular weight is 224 g/mol. The van der Waals surface area contributed by atoms with Crippen LogP contribution >= 0.6 is 0 Å². The Morgan fingerprint density at radius 1 is 1.31 bits per heavy atom. The highest BCUT2D eigenvalue weighted by molar-refractivity contribution is 4.81. The lowest BCUT2D eigenvalue weighted by molar-refractivity contribution is 0.224. The van der Waals surface area contributed by atoms with Crippen LogP contribution in [0.1, 0.15) is 45.4 Å². The van der Waals surface area contributed by atoms with Gasteiger partial charge in [0.05, 0.1) is 0 Å². The second kappa shape index (κ2) is 7.86. The number of nitrogens with zero attached hydrogens (tertiary/aromatic N) is 1. The van der Waals surface area contributed by atoms with Gasteiger partial charge in [0.1, 0.15) is 0 Å². The van der Waals surface area contributed by atoms with Crippen LogP contribution in [-0.2, 0) is 0 Å². The molecule has 16 heavy (non-hydrogen) atoms. The molecule has 2 unspecified atom stereocenters. The summed E-state index contributed by atoms with van der Waals surface area (Å²) in [5.41, 5.74) is 6.27. The maximum atomic E-state index is 6.27. The van der Waals surface area contributed by atoms with Gasteiger partial charge >= 0.3 is 0 Å². The summed E-state index contributed by atoms with van der Waals surface area (Å²) < 4.78 is 0. The van der Waals surface area contributed by atoms with E-state index in [0.717, 1.165) is 6.54 Å². The second-order valence-corrected chi connectivity index (χ2v) is 5.11. The van der Waals surface area contributed by atoms with Crippen LogP contribution in [0.4, 0.5) is 0 Å². The average Bonchev–Trinajstić information content (AvgIpc) is 2.45. The quantitative estimate of drug-likeness (QED) is 0.555. The molecule has 0 aromatic carbocycles. The van der Waals surface area contributed by atoms with E-state index in [1.807, 2.05) is 6.08 Å². The summed E-state index contributed by atoms with van der Waals surface area (Å²) in [5, 5.41) is 0. The zero-order chi connectivity index (χ0) is 11.8. The Labute approximate surface area is 101 Å². The lowest BCUT2D eigenvalue weighted by atomic mass is 9.95. The van der Waals surface area contributed by atoms with Gasteiger partial charge in [-0.3, -0.25) is 4.90 Å². The molecule has 94 valence electrons. The molecule has 1 fully saturated rings. The van der Waals surface area contributed by atoms with Crippen molar-refractivity contribution in [2.24, 2.45) is 11.7 Å². The predicted molar refractivity (Wildman–Crippen MR) is 71.5 cm³/mol. The Morgan fingerprint density at radius 3 is 2.75 bits per heavy atom. The van der Waals surface area contributed by atoms with Crippen molar-refractivity contribution in [3.05, 3.63) is 12.7 Å². The Bertz CT molecular complexity index is 191. The Balaban J connectivity index is 2.43. The van der Waals surface area contributed by atoms with Gasteiger partial charge in [-0.25, -0.2) is 0 Å². The summed E-state index contributed by atoms with van der Waals surface area (Å²) in [6, 6.07) is 0.423. The lowest BCUT2D eigenvalue weighted by Crippen LogP contribution is -2.39. The summed E-state index contributed by atoms with van der Waals surface area (Å²) in [4.78, 5) is 2.50. The van der Waals surface area contributed by atoms with E-state index < -0.39 is 0 Å². The van der Waals surface area contributed by atoms with Crippen molar-refractivity contribution in [3.8, 4) is 0 Å². The van der Waals surface area contributed by atoms with Gasteiger partial charge in [-0.05, 0) is 31.7 Å². The van der Waals surface area contributed by atoms with E-state index >= 15 is 0 Å². The summed E-state index contributed by atoms with van der Waals surface area (Å²) in [6.07, 6.45) is 9.84. The van der Waals surface area contributed by atoms with Crippen LogP contribution in [0.15, 0.2) is 12.7 Å². The standard InChI is InChI=1S/C14H28N2/c1-3-10-16(11-4-2)12-13-8-6-5-7-9-14(13)15/h3,13-14H,1,4-12,15H2,2H3. The first kappa shape index (κ1) is 13.7. The van der Waals surface area contributed by atoms with Crippen LogP contribution in [0, 0.1) is 5.92 Å². The van der Waals surface area contributed by atoms with E-state index in [1.165, 1.54) is 51.6 Å². The highest BCUT2D eigenvalue weighted by Crippen LogP contribution is 2.23. The summed E-state index contributed by atoms with van der Waals surface area (Å²) in [5.74, 6) is 0.703. The molecule has 2 N–H and O–H groups in total. The molecular formula is C14H28N2. The van der Waals surface area contributed by atoms with Gasteiger partial charge in [-0.2, -0.15) is 0 Å². The second-order valence-electron chi connectivity index (χ2n) is 5.11. The van der Waals surface area contributed by atoms with Crippen molar-refractivity contribution in [1.29, 1.82) is 0 Å². The molecule has 2 heteroatoms. The zero-order valence-corrected chi connectivity index (χ0v) is 10.8. The van der Waals surface area contributed by atoms with E-state index in [-0.39, 0.29) is 0 Å². The molecule has 2 atom stereocenters. The largest absolute Gasteiger partial charge is 0.327 e. The summed E-state index contributed by atoms with van der Waals surface area (Å²) in [7, 11) is 0. The molecule has 0 saturated heterocycles. The fourth-order valence-corrected chi connectivity index (χ4v) is 2.73. The van der Waals surface area contributed by atoms with E-state index in [4.69, 9.17) is 5.73 Å². The molecule has 2 nitrogen and oxygen atoms in total. The third-order valence-electron chi connectivity index (χ3n) is 3.64. The fraction of sp³-hybridized carbons (Fsp3) is 0.857. The van der Waals surface area contributed by atoms with E-state index in [2.05, 4.69) is 18.4 Å². The monoisotopic (exact) mass is 224 g/mol. The van der Waals surface area contributed by atoms with Crippen molar-refractivity contribution in [2.45, 2.75) is 51.5 Å². The van der Waals surface area contributed by atoms with Gasteiger partial charge in [0.2, 0.25) is 0 Å². The Morgan fingerprint density at radius 2 is 2.06 bits per heavy atom.